The molecule has 0 saturated carbocycles. The minimum Gasteiger partial charge on any atom is -0.497 e. The topological polar surface area (TPSA) is 91.5 Å². The number of nitrogens with one attached hydrogen (secondary N) is 3. The van der Waals surface area contributed by atoms with Crippen LogP contribution in [0.3, 0.4) is 0 Å². The van der Waals surface area contributed by atoms with Gasteiger partial charge < -0.3 is 10.1 Å². The number of fused-ring (bicyclic) bond motifs is 1. The van der Waals surface area contributed by atoms with Crippen LogP contribution >= 0.6 is 0 Å². The maximum atomic E-state index is 5.23. The van der Waals surface area contributed by atoms with Crippen molar-refractivity contribution in [2.24, 2.45) is 0 Å². The summed E-state index contributed by atoms with van der Waals surface area (Å²) in [5.41, 5.74) is 2.80. The molecule has 4 rings (SSSR count). The van der Waals surface area contributed by atoms with E-state index in [2.05, 4.69) is 30.7 Å². The Morgan fingerprint density at radius 1 is 1.09 bits per heavy atom. The van der Waals surface area contributed by atoms with Gasteiger partial charge in [-0.05, 0) is 30.3 Å². The second-order valence-electron chi connectivity index (χ2n) is 5.04. The number of ether oxygens (including phenoxy) is 1. The van der Waals surface area contributed by atoms with Crippen molar-refractivity contribution in [1.29, 1.82) is 0 Å². The highest BCUT2D eigenvalue weighted by Gasteiger charge is 2.07. The molecule has 0 aliphatic rings. The van der Waals surface area contributed by atoms with Crippen LogP contribution in [0.1, 0.15) is 0 Å². The zero-order chi connectivity index (χ0) is 15.6. The molecule has 0 bridgehead atoms. The minimum absolute atomic E-state index is 0.505. The fourth-order valence-electron chi connectivity index (χ4n) is 2.37. The molecule has 2 heterocycles. The van der Waals surface area contributed by atoms with E-state index < -0.39 is 0 Å². The molecule has 7 heteroatoms. The predicted octanol–water partition coefficient (Wildman–Crippen LogP) is 3.10. The molecular formula is C16H14N6O. The van der Waals surface area contributed by atoms with Crippen molar-refractivity contribution in [3.05, 3.63) is 48.7 Å². The summed E-state index contributed by atoms with van der Waals surface area (Å²) in [6.45, 7) is 0. The van der Waals surface area contributed by atoms with Crippen LogP contribution in [-0.2, 0) is 0 Å². The summed E-state index contributed by atoms with van der Waals surface area (Å²) in [5.74, 6) is 1.96. The number of benzene rings is 2. The van der Waals surface area contributed by atoms with Gasteiger partial charge in [-0.1, -0.05) is 12.1 Å². The van der Waals surface area contributed by atoms with E-state index in [-0.39, 0.29) is 0 Å². The van der Waals surface area contributed by atoms with Crippen molar-refractivity contribution < 1.29 is 4.74 Å². The van der Waals surface area contributed by atoms with Gasteiger partial charge in [-0.3, -0.25) is 10.2 Å². The third-order valence-electron chi connectivity index (χ3n) is 3.52. The molecule has 2 aromatic carbocycles. The SMILES string of the molecule is COc1cccc(-c2nc(Nc3ccc4[nH]ncc4c3)n[nH]2)c1. The first-order valence-electron chi connectivity index (χ1n) is 7.09. The molecule has 114 valence electrons. The number of aromatic nitrogens is 5. The number of methoxy groups -OCH3 is 1. The van der Waals surface area contributed by atoms with E-state index in [1.807, 2.05) is 42.5 Å². The molecular weight excluding hydrogens is 292 g/mol. The second kappa shape index (κ2) is 5.45. The molecule has 0 atom stereocenters. The van der Waals surface area contributed by atoms with Gasteiger partial charge in [-0.2, -0.15) is 10.1 Å². The van der Waals surface area contributed by atoms with Gasteiger partial charge >= 0.3 is 0 Å². The molecule has 0 saturated heterocycles. The lowest BCUT2D eigenvalue weighted by Gasteiger charge is -2.02. The first-order valence-corrected chi connectivity index (χ1v) is 7.09. The quantitative estimate of drug-likeness (QED) is 0.539. The lowest BCUT2D eigenvalue weighted by molar-refractivity contribution is 0.415. The summed E-state index contributed by atoms with van der Waals surface area (Å²) in [7, 11) is 1.64. The van der Waals surface area contributed by atoms with Crippen molar-refractivity contribution in [3.63, 3.8) is 0 Å². The smallest absolute Gasteiger partial charge is 0.246 e. The Hall–Kier alpha value is -3.35. The Labute approximate surface area is 131 Å². The molecule has 7 nitrogen and oxygen atoms in total. The summed E-state index contributed by atoms with van der Waals surface area (Å²) in [6, 6.07) is 13.5. The summed E-state index contributed by atoms with van der Waals surface area (Å²) in [4.78, 5) is 4.46. The molecule has 0 fully saturated rings. The Bertz CT molecular complexity index is 958. The molecule has 0 aliphatic heterocycles. The Morgan fingerprint density at radius 3 is 2.96 bits per heavy atom. The van der Waals surface area contributed by atoms with Crippen LogP contribution in [0.4, 0.5) is 11.6 Å². The molecule has 0 unspecified atom stereocenters. The monoisotopic (exact) mass is 306 g/mol. The van der Waals surface area contributed by atoms with E-state index in [4.69, 9.17) is 4.74 Å². The third kappa shape index (κ3) is 2.59. The highest BCUT2D eigenvalue weighted by atomic mass is 16.5. The normalized spacial score (nSPS) is 10.8. The van der Waals surface area contributed by atoms with Gasteiger partial charge in [0.2, 0.25) is 5.95 Å². The summed E-state index contributed by atoms with van der Waals surface area (Å²) < 4.78 is 5.23. The first kappa shape index (κ1) is 13.3. The van der Waals surface area contributed by atoms with Crippen molar-refractivity contribution in [2.75, 3.05) is 12.4 Å². The fourth-order valence-corrected chi connectivity index (χ4v) is 2.37. The van der Waals surface area contributed by atoms with E-state index in [0.717, 1.165) is 27.9 Å². The third-order valence-corrected chi connectivity index (χ3v) is 3.52. The van der Waals surface area contributed by atoms with Gasteiger partial charge in [0.15, 0.2) is 5.82 Å². The van der Waals surface area contributed by atoms with Crippen molar-refractivity contribution in [1.82, 2.24) is 25.4 Å². The van der Waals surface area contributed by atoms with E-state index in [0.29, 0.717) is 11.8 Å². The molecule has 0 aliphatic carbocycles. The van der Waals surface area contributed by atoms with Crippen LogP contribution in [0.2, 0.25) is 0 Å². The van der Waals surface area contributed by atoms with E-state index in [9.17, 15) is 0 Å². The molecule has 2 aromatic heterocycles. The number of hydrogen-bond acceptors (Lipinski definition) is 5. The highest BCUT2D eigenvalue weighted by molar-refractivity contribution is 5.82. The largest absolute Gasteiger partial charge is 0.497 e. The van der Waals surface area contributed by atoms with Gasteiger partial charge in [0, 0.05) is 16.6 Å². The fraction of sp³-hybridized carbons (Fsp3) is 0.0625. The number of rotatable bonds is 4. The zero-order valence-corrected chi connectivity index (χ0v) is 12.4. The number of hydrogen-bond donors (Lipinski definition) is 3. The van der Waals surface area contributed by atoms with E-state index in [1.54, 1.807) is 13.3 Å². The summed E-state index contributed by atoms with van der Waals surface area (Å²) >= 11 is 0. The predicted molar refractivity (Wildman–Crippen MR) is 87.7 cm³/mol. The van der Waals surface area contributed by atoms with Gasteiger partial charge in [-0.25, -0.2) is 0 Å². The van der Waals surface area contributed by atoms with Crippen LogP contribution < -0.4 is 10.1 Å². The second-order valence-corrected chi connectivity index (χ2v) is 5.04. The van der Waals surface area contributed by atoms with Crippen LogP contribution in [0.5, 0.6) is 5.75 Å². The van der Waals surface area contributed by atoms with E-state index >= 15 is 0 Å². The van der Waals surface area contributed by atoms with Crippen LogP contribution in [0.15, 0.2) is 48.7 Å². The first-order chi connectivity index (χ1) is 11.3. The van der Waals surface area contributed by atoms with Crippen LogP contribution in [-0.4, -0.2) is 32.5 Å². The molecule has 4 aromatic rings. The molecule has 0 spiro atoms. The molecule has 0 radical (unpaired) electrons. The van der Waals surface area contributed by atoms with Gasteiger partial charge in [0.05, 0.1) is 18.8 Å². The van der Waals surface area contributed by atoms with E-state index in [1.165, 1.54) is 0 Å². The molecule has 3 N–H and O–H groups in total. The average molecular weight is 306 g/mol. The highest BCUT2D eigenvalue weighted by Crippen LogP contribution is 2.23. The Morgan fingerprint density at radius 2 is 2.04 bits per heavy atom. The van der Waals surface area contributed by atoms with Crippen molar-refractivity contribution >= 4 is 22.5 Å². The van der Waals surface area contributed by atoms with Crippen LogP contribution in [0, 0.1) is 0 Å². The van der Waals surface area contributed by atoms with Gasteiger partial charge in [-0.15, -0.1) is 5.10 Å². The summed E-state index contributed by atoms with van der Waals surface area (Å²) in [5, 5.41) is 18.3. The minimum atomic E-state index is 0.505. The lowest BCUT2D eigenvalue weighted by Crippen LogP contribution is -1.92. The number of H-pyrrole nitrogens is 2. The summed E-state index contributed by atoms with van der Waals surface area (Å²) in [6.07, 6.45) is 1.78. The Balaban J connectivity index is 1.59. The molecule has 0 amide bonds. The zero-order valence-electron chi connectivity index (χ0n) is 12.4. The Kier molecular flexibility index (Phi) is 3.16. The number of anilines is 2. The number of aromatic amines is 2. The number of nitrogens with zero attached hydrogens (tertiary/aromatic N) is 3. The van der Waals surface area contributed by atoms with Crippen LogP contribution in [0.25, 0.3) is 22.3 Å². The van der Waals surface area contributed by atoms with Crippen molar-refractivity contribution in [3.8, 4) is 17.1 Å². The maximum absolute atomic E-state index is 5.23. The lowest BCUT2D eigenvalue weighted by atomic mass is 10.2. The average Bonchev–Trinajstić information content (AvgIpc) is 3.24. The van der Waals surface area contributed by atoms with Gasteiger partial charge in [0.1, 0.15) is 5.75 Å². The van der Waals surface area contributed by atoms with Gasteiger partial charge in [0.25, 0.3) is 0 Å². The maximum Gasteiger partial charge on any atom is 0.246 e. The van der Waals surface area contributed by atoms with Crippen molar-refractivity contribution in [2.45, 2.75) is 0 Å². The standard InChI is InChI=1S/C16H14N6O/c1-23-13-4-2-3-10(8-13)15-19-16(22-21-15)18-12-5-6-14-11(7-12)9-17-20-14/h2-9H,1H3,(H,17,20)(H2,18,19,21,22). The molecule has 23 heavy (non-hydrogen) atoms.